The van der Waals surface area contributed by atoms with Crippen molar-refractivity contribution in [3.8, 4) is 0 Å². The number of rotatable bonds is 6. The quantitative estimate of drug-likeness (QED) is 0.871. The molecule has 1 heterocycles. The summed E-state index contributed by atoms with van der Waals surface area (Å²) in [5, 5.41) is 4.22. The highest BCUT2D eigenvalue weighted by atomic mass is 16.5. The largest absolute Gasteiger partial charge is 0.367 e. The lowest BCUT2D eigenvalue weighted by Gasteiger charge is -2.25. The normalized spacial score (nSPS) is 19.9. The molecule has 1 unspecified atom stereocenters. The average Bonchev–Trinajstić information content (AvgIpc) is 3.04. The summed E-state index contributed by atoms with van der Waals surface area (Å²) in [6, 6.07) is 0. The number of hydrogen-bond acceptors (Lipinski definition) is 5. The molecule has 5 nitrogen and oxygen atoms in total. The van der Waals surface area contributed by atoms with E-state index in [9.17, 15) is 0 Å². The molecule has 1 aromatic rings. The summed E-state index contributed by atoms with van der Waals surface area (Å²) >= 11 is 0. The molecule has 0 aromatic carbocycles. The van der Waals surface area contributed by atoms with E-state index in [1.54, 1.807) is 0 Å². The standard InChI is InChI=1S/C16H29N3O2/c1-5-20-16(8-6-7-9-16)14-18-13(21-19-14)12(11-17)10-15(2,3)4/h12H,5-11,17H2,1-4H3. The first kappa shape index (κ1) is 16.4. The van der Waals surface area contributed by atoms with Gasteiger partial charge in [0.25, 0.3) is 0 Å². The van der Waals surface area contributed by atoms with Gasteiger partial charge in [0.05, 0.1) is 5.92 Å². The summed E-state index contributed by atoms with van der Waals surface area (Å²) in [6.45, 7) is 9.82. The fourth-order valence-electron chi connectivity index (χ4n) is 3.25. The minimum Gasteiger partial charge on any atom is -0.367 e. The van der Waals surface area contributed by atoms with E-state index in [-0.39, 0.29) is 16.9 Å². The van der Waals surface area contributed by atoms with Crippen molar-refractivity contribution in [2.24, 2.45) is 11.1 Å². The minimum atomic E-state index is -0.336. The molecule has 2 rings (SSSR count). The summed E-state index contributed by atoms with van der Waals surface area (Å²) in [5.41, 5.74) is 5.76. The Labute approximate surface area is 127 Å². The first-order valence-electron chi connectivity index (χ1n) is 8.08. The third-order valence-corrected chi connectivity index (χ3v) is 4.17. The van der Waals surface area contributed by atoms with E-state index in [0.29, 0.717) is 24.9 Å². The highest BCUT2D eigenvalue weighted by Gasteiger charge is 2.41. The van der Waals surface area contributed by atoms with Crippen molar-refractivity contribution >= 4 is 0 Å². The lowest BCUT2D eigenvalue weighted by atomic mass is 9.84. The predicted molar refractivity (Wildman–Crippen MR) is 81.9 cm³/mol. The number of nitrogens with zero attached hydrogens (tertiary/aromatic N) is 2. The zero-order valence-electron chi connectivity index (χ0n) is 13.8. The van der Waals surface area contributed by atoms with Crippen LogP contribution in [0.2, 0.25) is 0 Å². The Morgan fingerprint density at radius 1 is 1.33 bits per heavy atom. The monoisotopic (exact) mass is 295 g/mol. The lowest BCUT2D eigenvalue weighted by molar-refractivity contribution is -0.0469. The van der Waals surface area contributed by atoms with Gasteiger partial charge in [0.15, 0.2) is 0 Å². The molecule has 1 aliphatic rings. The van der Waals surface area contributed by atoms with Gasteiger partial charge < -0.3 is 15.0 Å². The zero-order valence-corrected chi connectivity index (χ0v) is 13.8. The van der Waals surface area contributed by atoms with Crippen molar-refractivity contribution in [1.82, 2.24) is 10.1 Å². The fraction of sp³-hybridized carbons (Fsp3) is 0.875. The van der Waals surface area contributed by atoms with Gasteiger partial charge in [-0.15, -0.1) is 0 Å². The maximum absolute atomic E-state index is 5.99. The molecule has 0 amide bonds. The molecule has 0 saturated heterocycles. The number of nitrogens with two attached hydrogens (primary N) is 1. The molecule has 2 N–H and O–H groups in total. The highest BCUT2D eigenvalue weighted by Crippen LogP contribution is 2.41. The van der Waals surface area contributed by atoms with Gasteiger partial charge in [-0.05, 0) is 44.4 Å². The summed E-state index contributed by atoms with van der Waals surface area (Å²) in [6.07, 6.45) is 5.21. The fourth-order valence-corrected chi connectivity index (χ4v) is 3.25. The van der Waals surface area contributed by atoms with Gasteiger partial charge in [-0.25, -0.2) is 0 Å². The molecule has 0 bridgehead atoms. The highest BCUT2D eigenvalue weighted by molar-refractivity contribution is 5.07. The van der Waals surface area contributed by atoms with Crippen LogP contribution in [0.15, 0.2) is 4.52 Å². The molecule has 120 valence electrons. The maximum Gasteiger partial charge on any atom is 0.231 e. The van der Waals surface area contributed by atoms with Crippen molar-refractivity contribution in [2.45, 2.75) is 71.3 Å². The van der Waals surface area contributed by atoms with Gasteiger partial charge in [-0.3, -0.25) is 0 Å². The molecule has 1 aromatic heterocycles. The Bertz CT molecular complexity index is 445. The molecule has 0 radical (unpaired) electrons. The van der Waals surface area contributed by atoms with Crippen LogP contribution in [0.5, 0.6) is 0 Å². The van der Waals surface area contributed by atoms with Gasteiger partial charge in [0, 0.05) is 13.2 Å². The maximum atomic E-state index is 5.99. The molecule has 1 saturated carbocycles. The van der Waals surface area contributed by atoms with Gasteiger partial charge in [0.1, 0.15) is 5.60 Å². The molecular weight excluding hydrogens is 266 g/mol. The minimum absolute atomic E-state index is 0.117. The zero-order chi connectivity index (χ0) is 15.5. The number of hydrogen-bond donors (Lipinski definition) is 1. The van der Waals surface area contributed by atoms with Crippen LogP contribution < -0.4 is 5.73 Å². The molecule has 5 heteroatoms. The van der Waals surface area contributed by atoms with Crippen LogP contribution >= 0.6 is 0 Å². The number of ether oxygens (including phenoxy) is 1. The Morgan fingerprint density at radius 3 is 2.52 bits per heavy atom. The third kappa shape index (κ3) is 3.83. The Hall–Kier alpha value is -0.940. The van der Waals surface area contributed by atoms with E-state index in [2.05, 4.69) is 30.9 Å². The molecule has 0 spiro atoms. The summed E-state index contributed by atoms with van der Waals surface area (Å²) in [5.74, 6) is 1.49. The van der Waals surface area contributed by atoms with Crippen LogP contribution in [-0.2, 0) is 10.3 Å². The van der Waals surface area contributed by atoms with E-state index in [1.165, 1.54) is 0 Å². The topological polar surface area (TPSA) is 74.2 Å². The van der Waals surface area contributed by atoms with E-state index in [0.717, 1.165) is 32.1 Å². The predicted octanol–water partition coefficient (Wildman–Crippen LogP) is 3.35. The molecule has 1 atom stereocenters. The Morgan fingerprint density at radius 2 is 2.00 bits per heavy atom. The summed E-state index contributed by atoms with van der Waals surface area (Å²) in [4.78, 5) is 4.66. The van der Waals surface area contributed by atoms with Gasteiger partial charge in [0.2, 0.25) is 11.7 Å². The van der Waals surface area contributed by atoms with Crippen molar-refractivity contribution in [1.29, 1.82) is 0 Å². The van der Waals surface area contributed by atoms with Crippen molar-refractivity contribution in [3.63, 3.8) is 0 Å². The van der Waals surface area contributed by atoms with E-state index < -0.39 is 0 Å². The van der Waals surface area contributed by atoms with E-state index in [1.807, 2.05) is 6.92 Å². The van der Waals surface area contributed by atoms with Gasteiger partial charge in [-0.1, -0.05) is 25.9 Å². The Kier molecular flexibility index (Phi) is 5.04. The van der Waals surface area contributed by atoms with E-state index in [4.69, 9.17) is 15.0 Å². The van der Waals surface area contributed by atoms with Crippen LogP contribution in [0.4, 0.5) is 0 Å². The average molecular weight is 295 g/mol. The summed E-state index contributed by atoms with van der Waals surface area (Å²) in [7, 11) is 0. The Balaban J connectivity index is 2.19. The van der Waals surface area contributed by atoms with E-state index >= 15 is 0 Å². The van der Waals surface area contributed by atoms with Crippen molar-refractivity contribution in [3.05, 3.63) is 11.7 Å². The molecule has 1 aliphatic carbocycles. The second-order valence-electron chi connectivity index (χ2n) is 7.29. The van der Waals surface area contributed by atoms with Crippen molar-refractivity contribution < 1.29 is 9.26 Å². The summed E-state index contributed by atoms with van der Waals surface area (Å²) < 4.78 is 11.5. The SMILES string of the molecule is CCOC1(c2noc(C(CN)CC(C)(C)C)n2)CCCC1. The second-order valence-corrected chi connectivity index (χ2v) is 7.29. The first-order chi connectivity index (χ1) is 9.90. The van der Waals surface area contributed by atoms with Crippen LogP contribution in [-0.4, -0.2) is 23.3 Å². The third-order valence-electron chi connectivity index (χ3n) is 4.17. The van der Waals surface area contributed by atoms with Crippen LogP contribution in [0.3, 0.4) is 0 Å². The van der Waals surface area contributed by atoms with Gasteiger partial charge in [-0.2, -0.15) is 4.98 Å². The molecule has 21 heavy (non-hydrogen) atoms. The van der Waals surface area contributed by atoms with Crippen LogP contribution in [0, 0.1) is 5.41 Å². The van der Waals surface area contributed by atoms with Crippen LogP contribution in [0.25, 0.3) is 0 Å². The second kappa shape index (κ2) is 6.44. The number of aromatic nitrogens is 2. The molecule has 1 fully saturated rings. The van der Waals surface area contributed by atoms with Crippen LogP contribution in [0.1, 0.15) is 77.4 Å². The smallest absolute Gasteiger partial charge is 0.231 e. The molecule has 0 aliphatic heterocycles. The van der Waals surface area contributed by atoms with Gasteiger partial charge >= 0.3 is 0 Å². The van der Waals surface area contributed by atoms with Crippen molar-refractivity contribution in [2.75, 3.05) is 13.2 Å². The first-order valence-corrected chi connectivity index (χ1v) is 8.08. The molecular formula is C16H29N3O2. The lowest BCUT2D eigenvalue weighted by Crippen LogP contribution is -2.28.